The van der Waals surface area contributed by atoms with Gasteiger partial charge in [-0.25, -0.2) is 4.98 Å². The van der Waals surface area contributed by atoms with Crippen LogP contribution >= 0.6 is 0 Å². The predicted octanol–water partition coefficient (Wildman–Crippen LogP) is 0.734. The third-order valence-corrected chi connectivity index (χ3v) is 2.60. The minimum Gasteiger partial charge on any atom is -0.480 e. The van der Waals surface area contributed by atoms with Gasteiger partial charge in [0.05, 0.1) is 0 Å². The zero-order chi connectivity index (χ0) is 13.1. The molecule has 0 unspecified atom stereocenters. The molecule has 0 saturated heterocycles. The Bertz CT molecular complexity index is 566. The molecule has 0 aliphatic heterocycles. The first-order valence-electron chi connectivity index (χ1n) is 5.76. The topological polar surface area (TPSA) is 83.6 Å². The number of rotatable bonds is 5. The maximum atomic E-state index is 10.9. The van der Waals surface area contributed by atoms with E-state index in [0.29, 0.717) is 18.0 Å². The van der Waals surface area contributed by atoms with Crippen LogP contribution < -0.4 is 4.90 Å². The van der Waals surface area contributed by atoms with Crippen molar-refractivity contribution in [2.24, 2.45) is 0 Å². The molecule has 96 valence electrons. The second-order valence-electron chi connectivity index (χ2n) is 4.01. The Morgan fingerprint density at radius 2 is 2.28 bits per heavy atom. The lowest BCUT2D eigenvalue weighted by Crippen LogP contribution is -2.31. The van der Waals surface area contributed by atoms with Crippen molar-refractivity contribution in [3.8, 4) is 0 Å². The maximum Gasteiger partial charge on any atom is 0.323 e. The van der Waals surface area contributed by atoms with Crippen molar-refractivity contribution in [1.29, 1.82) is 0 Å². The van der Waals surface area contributed by atoms with Crippen molar-refractivity contribution >= 4 is 17.4 Å². The van der Waals surface area contributed by atoms with Gasteiger partial charge in [0.1, 0.15) is 12.4 Å². The van der Waals surface area contributed by atoms with E-state index in [4.69, 9.17) is 5.11 Å². The van der Waals surface area contributed by atoms with E-state index in [1.54, 1.807) is 21.7 Å². The van der Waals surface area contributed by atoms with Crippen LogP contribution in [0, 0.1) is 6.92 Å². The van der Waals surface area contributed by atoms with Gasteiger partial charge in [-0.05, 0) is 13.3 Å². The number of anilines is 1. The van der Waals surface area contributed by atoms with Gasteiger partial charge in [-0.15, -0.1) is 10.2 Å². The number of carboxylic acids is 1. The van der Waals surface area contributed by atoms with Crippen molar-refractivity contribution < 1.29 is 9.90 Å². The summed E-state index contributed by atoms with van der Waals surface area (Å²) >= 11 is 0. The van der Waals surface area contributed by atoms with E-state index < -0.39 is 5.97 Å². The Morgan fingerprint density at radius 1 is 1.50 bits per heavy atom. The van der Waals surface area contributed by atoms with Crippen molar-refractivity contribution in [3.63, 3.8) is 0 Å². The second kappa shape index (κ2) is 4.99. The molecule has 0 saturated carbocycles. The number of hydrogen-bond acceptors (Lipinski definition) is 5. The summed E-state index contributed by atoms with van der Waals surface area (Å²) in [5.41, 5.74) is 0.588. The van der Waals surface area contributed by atoms with E-state index in [9.17, 15) is 4.79 Å². The molecule has 2 aromatic heterocycles. The molecule has 0 radical (unpaired) electrons. The van der Waals surface area contributed by atoms with Gasteiger partial charge in [-0.3, -0.25) is 9.20 Å². The van der Waals surface area contributed by atoms with Crippen LogP contribution in [0.4, 0.5) is 5.82 Å². The van der Waals surface area contributed by atoms with Crippen LogP contribution in [0.5, 0.6) is 0 Å². The maximum absolute atomic E-state index is 10.9. The number of carboxylic acid groups (broad SMARTS) is 1. The summed E-state index contributed by atoms with van der Waals surface area (Å²) in [4.78, 5) is 16.8. The fourth-order valence-corrected chi connectivity index (χ4v) is 1.84. The first-order chi connectivity index (χ1) is 8.63. The normalized spacial score (nSPS) is 10.8. The van der Waals surface area contributed by atoms with Crippen molar-refractivity contribution in [3.05, 3.63) is 18.2 Å². The van der Waals surface area contributed by atoms with E-state index >= 15 is 0 Å². The molecule has 2 rings (SSSR count). The average molecular weight is 249 g/mol. The molecule has 2 heterocycles. The van der Waals surface area contributed by atoms with Crippen LogP contribution in [-0.2, 0) is 4.79 Å². The highest BCUT2D eigenvalue weighted by atomic mass is 16.4. The Morgan fingerprint density at radius 3 is 2.94 bits per heavy atom. The van der Waals surface area contributed by atoms with Gasteiger partial charge in [-0.2, -0.15) is 0 Å². The number of aryl methyl sites for hydroxylation is 1. The highest BCUT2D eigenvalue weighted by molar-refractivity contribution is 5.76. The van der Waals surface area contributed by atoms with Gasteiger partial charge < -0.3 is 10.0 Å². The molecule has 0 fully saturated rings. The van der Waals surface area contributed by atoms with Crippen LogP contribution in [0.2, 0.25) is 0 Å². The lowest BCUT2D eigenvalue weighted by atomic mass is 10.4. The zero-order valence-electron chi connectivity index (χ0n) is 10.4. The smallest absolute Gasteiger partial charge is 0.323 e. The van der Waals surface area contributed by atoms with Crippen LogP contribution in [0.1, 0.15) is 19.2 Å². The number of fused-ring (bicyclic) bond motifs is 1. The lowest BCUT2D eigenvalue weighted by molar-refractivity contribution is -0.135. The number of aliphatic carboxylic acids is 1. The Kier molecular flexibility index (Phi) is 3.40. The Labute approximate surface area is 104 Å². The highest BCUT2D eigenvalue weighted by Gasteiger charge is 2.16. The van der Waals surface area contributed by atoms with Crippen molar-refractivity contribution in [2.45, 2.75) is 20.3 Å². The van der Waals surface area contributed by atoms with Crippen LogP contribution in [0.25, 0.3) is 5.65 Å². The summed E-state index contributed by atoms with van der Waals surface area (Å²) in [6.45, 7) is 4.35. The molecular formula is C11H15N5O2. The molecule has 7 nitrogen and oxygen atoms in total. The largest absolute Gasteiger partial charge is 0.480 e. The molecule has 0 amide bonds. The standard InChI is InChI=1S/C11H15N5O2/c1-3-5-15(7-9(17)18)10-11-14-13-8(2)16(11)6-4-12-10/h4,6H,3,5,7H2,1-2H3,(H,17,18). The third-order valence-electron chi connectivity index (χ3n) is 2.60. The summed E-state index contributed by atoms with van der Waals surface area (Å²) in [5.74, 6) is 0.422. The van der Waals surface area contributed by atoms with Gasteiger partial charge in [0.2, 0.25) is 5.65 Å². The van der Waals surface area contributed by atoms with E-state index in [0.717, 1.165) is 12.2 Å². The fraction of sp³-hybridized carbons (Fsp3) is 0.455. The van der Waals surface area contributed by atoms with E-state index in [2.05, 4.69) is 15.2 Å². The molecule has 1 N–H and O–H groups in total. The summed E-state index contributed by atoms with van der Waals surface area (Å²) in [5, 5.41) is 17.0. The second-order valence-corrected chi connectivity index (χ2v) is 4.01. The van der Waals surface area contributed by atoms with Crippen LogP contribution in [0.3, 0.4) is 0 Å². The van der Waals surface area contributed by atoms with Gasteiger partial charge in [0, 0.05) is 18.9 Å². The van der Waals surface area contributed by atoms with E-state index in [1.165, 1.54) is 0 Å². The van der Waals surface area contributed by atoms with Gasteiger partial charge in [0.15, 0.2) is 5.82 Å². The minimum absolute atomic E-state index is 0.0909. The minimum atomic E-state index is -0.886. The molecule has 0 aliphatic rings. The molecule has 0 aromatic carbocycles. The fourth-order valence-electron chi connectivity index (χ4n) is 1.84. The third kappa shape index (κ3) is 2.24. The zero-order valence-corrected chi connectivity index (χ0v) is 10.4. The molecule has 0 aliphatic carbocycles. The predicted molar refractivity (Wildman–Crippen MR) is 65.7 cm³/mol. The first-order valence-corrected chi connectivity index (χ1v) is 5.76. The van der Waals surface area contributed by atoms with E-state index in [1.807, 2.05) is 13.8 Å². The monoisotopic (exact) mass is 249 g/mol. The summed E-state index contributed by atoms with van der Waals surface area (Å²) in [7, 11) is 0. The number of aromatic nitrogens is 4. The SMILES string of the molecule is CCCN(CC(=O)O)c1nccn2c(C)nnc12. The summed E-state index contributed by atoms with van der Waals surface area (Å²) in [6.07, 6.45) is 4.23. The van der Waals surface area contributed by atoms with Gasteiger partial charge >= 0.3 is 5.97 Å². The molecule has 0 atom stereocenters. The molecule has 18 heavy (non-hydrogen) atoms. The number of carbonyl (C=O) groups is 1. The quantitative estimate of drug-likeness (QED) is 0.841. The average Bonchev–Trinajstić information content (AvgIpc) is 2.70. The van der Waals surface area contributed by atoms with Crippen molar-refractivity contribution in [2.75, 3.05) is 18.0 Å². The lowest BCUT2D eigenvalue weighted by Gasteiger charge is -2.20. The van der Waals surface area contributed by atoms with Crippen molar-refractivity contribution in [1.82, 2.24) is 19.6 Å². The molecule has 7 heteroatoms. The number of hydrogen-bond donors (Lipinski definition) is 1. The Hall–Kier alpha value is -2.18. The van der Waals surface area contributed by atoms with E-state index in [-0.39, 0.29) is 6.54 Å². The van der Waals surface area contributed by atoms with Gasteiger partial charge in [-0.1, -0.05) is 6.92 Å². The van der Waals surface area contributed by atoms with Gasteiger partial charge in [0.25, 0.3) is 0 Å². The Balaban J connectivity index is 2.46. The number of nitrogens with zero attached hydrogens (tertiary/aromatic N) is 5. The van der Waals surface area contributed by atoms with Crippen LogP contribution in [-0.4, -0.2) is 43.7 Å². The van der Waals surface area contributed by atoms with Crippen LogP contribution in [0.15, 0.2) is 12.4 Å². The molecule has 0 bridgehead atoms. The summed E-state index contributed by atoms with van der Waals surface area (Å²) in [6, 6.07) is 0. The molecule has 0 spiro atoms. The summed E-state index contributed by atoms with van der Waals surface area (Å²) < 4.78 is 1.80. The first kappa shape index (κ1) is 12.3. The molecular weight excluding hydrogens is 234 g/mol. The molecule has 2 aromatic rings. The highest BCUT2D eigenvalue weighted by Crippen LogP contribution is 2.17.